The van der Waals surface area contributed by atoms with Gasteiger partial charge in [-0.15, -0.1) is 12.4 Å². The van der Waals surface area contributed by atoms with Gasteiger partial charge in [-0.2, -0.15) is 0 Å². The lowest BCUT2D eigenvalue weighted by Crippen LogP contribution is -2.23. The largest absolute Gasteiger partial charge is 0.457 e. The highest BCUT2D eigenvalue weighted by Crippen LogP contribution is 2.27. The van der Waals surface area contributed by atoms with Crippen molar-refractivity contribution in [3.05, 3.63) is 54.1 Å². The molecule has 0 aliphatic heterocycles. The van der Waals surface area contributed by atoms with Gasteiger partial charge in [0.05, 0.1) is 6.61 Å². The molecule has 2 aromatic carbocycles. The van der Waals surface area contributed by atoms with Gasteiger partial charge < -0.3 is 20.5 Å². The second-order valence-corrected chi connectivity index (χ2v) is 6.77. The van der Waals surface area contributed by atoms with Crippen LogP contribution in [0, 0.1) is 5.92 Å². The van der Waals surface area contributed by atoms with E-state index >= 15 is 0 Å². The molecule has 27 heavy (non-hydrogen) atoms. The number of hydrogen-bond donors (Lipinski definition) is 2. The number of nitrogens with two attached hydrogens (primary N) is 1. The normalized spacial score (nSPS) is 18.6. The number of carbonyl (C=O) groups excluding carboxylic acids is 1. The Bertz CT molecular complexity index is 719. The molecular weight excluding hydrogens is 364 g/mol. The van der Waals surface area contributed by atoms with E-state index in [1.54, 1.807) is 7.11 Å². The first-order valence-electron chi connectivity index (χ1n) is 9.06. The van der Waals surface area contributed by atoms with E-state index in [1.165, 1.54) is 5.56 Å². The number of nitrogens with one attached hydrogen (secondary N) is 1. The SMILES string of the molecule is COCCc1ccc(Oc2ccc(NC(=O)C3CCC(N)C3)cc2)cc1.Cl. The molecule has 1 aliphatic carbocycles. The van der Waals surface area contributed by atoms with Crippen LogP contribution in [0.1, 0.15) is 24.8 Å². The third-order valence-electron chi connectivity index (χ3n) is 4.72. The number of amides is 1. The van der Waals surface area contributed by atoms with Crippen LogP contribution >= 0.6 is 12.4 Å². The fourth-order valence-corrected chi connectivity index (χ4v) is 3.19. The Kier molecular flexibility index (Phi) is 8.10. The zero-order valence-electron chi connectivity index (χ0n) is 15.5. The summed E-state index contributed by atoms with van der Waals surface area (Å²) < 4.78 is 10.9. The van der Waals surface area contributed by atoms with E-state index in [9.17, 15) is 4.79 Å². The maximum atomic E-state index is 12.2. The minimum atomic E-state index is 0. The number of carbonyl (C=O) groups is 1. The monoisotopic (exact) mass is 390 g/mol. The molecule has 0 heterocycles. The Labute approximate surface area is 166 Å². The van der Waals surface area contributed by atoms with E-state index in [1.807, 2.05) is 48.5 Å². The molecule has 5 nitrogen and oxygen atoms in total. The summed E-state index contributed by atoms with van der Waals surface area (Å²) in [6.07, 6.45) is 3.45. The van der Waals surface area contributed by atoms with E-state index in [-0.39, 0.29) is 30.3 Å². The average molecular weight is 391 g/mol. The van der Waals surface area contributed by atoms with Gasteiger partial charge in [0.1, 0.15) is 11.5 Å². The lowest BCUT2D eigenvalue weighted by atomic mass is 10.1. The summed E-state index contributed by atoms with van der Waals surface area (Å²) in [5.74, 6) is 1.59. The van der Waals surface area contributed by atoms with Gasteiger partial charge in [0.15, 0.2) is 0 Å². The number of hydrogen-bond acceptors (Lipinski definition) is 4. The first-order valence-corrected chi connectivity index (χ1v) is 9.06. The molecule has 0 saturated heterocycles. The lowest BCUT2D eigenvalue weighted by Gasteiger charge is -2.12. The number of halogens is 1. The summed E-state index contributed by atoms with van der Waals surface area (Å²) in [6.45, 7) is 0.709. The van der Waals surface area contributed by atoms with Crippen LogP contribution < -0.4 is 15.8 Å². The number of anilines is 1. The highest BCUT2D eigenvalue weighted by atomic mass is 35.5. The van der Waals surface area contributed by atoms with Gasteiger partial charge in [0.2, 0.25) is 5.91 Å². The molecule has 3 rings (SSSR count). The summed E-state index contributed by atoms with van der Waals surface area (Å²) in [5, 5.41) is 2.96. The van der Waals surface area contributed by atoms with E-state index in [0.717, 1.165) is 42.9 Å². The molecule has 2 aromatic rings. The lowest BCUT2D eigenvalue weighted by molar-refractivity contribution is -0.119. The minimum absolute atomic E-state index is 0. The maximum absolute atomic E-state index is 12.2. The van der Waals surface area contributed by atoms with Crippen LogP contribution in [-0.4, -0.2) is 25.7 Å². The van der Waals surface area contributed by atoms with Gasteiger partial charge >= 0.3 is 0 Å². The Morgan fingerprint density at radius 1 is 1.07 bits per heavy atom. The van der Waals surface area contributed by atoms with Crippen LogP contribution in [-0.2, 0) is 16.0 Å². The molecule has 146 valence electrons. The summed E-state index contributed by atoms with van der Waals surface area (Å²) >= 11 is 0. The first kappa shape index (κ1) is 21.2. The highest BCUT2D eigenvalue weighted by molar-refractivity contribution is 5.92. The van der Waals surface area contributed by atoms with Crippen molar-refractivity contribution >= 4 is 24.0 Å². The summed E-state index contributed by atoms with van der Waals surface area (Å²) in [7, 11) is 1.70. The van der Waals surface area contributed by atoms with Crippen molar-refractivity contribution in [2.75, 3.05) is 19.0 Å². The van der Waals surface area contributed by atoms with Crippen molar-refractivity contribution in [3.63, 3.8) is 0 Å². The third kappa shape index (κ3) is 6.24. The van der Waals surface area contributed by atoms with Crippen molar-refractivity contribution in [2.45, 2.75) is 31.7 Å². The van der Waals surface area contributed by atoms with Crippen LogP contribution in [0.25, 0.3) is 0 Å². The van der Waals surface area contributed by atoms with E-state index < -0.39 is 0 Å². The molecule has 0 bridgehead atoms. The summed E-state index contributed by atoms with van der Waals surface area (Å²) in [6, 6.07) is 15.6. The Hall–Kier alpha value is -2.08. The number of ether oxygens (including phenoxy) is 2. The summed E-state index contributed by atoms with van der Waals surface area (Å²) in [4.78, 5) is 12.2. The molecule has 3 N–H and O–H groups in total. The Balaban J connectivity index is 0.00000261. The second kappa shape index (κ2) is 10.3. The number of benzene rings is 2. The van der Waals surface area contributed by atoms with Gasteiger partial charge in [0.25, 0.3) is 0 Å². The molecule has 1 saturated carbocycles. The fourth-order valence-electron chi connectivity index (χ4n) is 3.19. The van der Waals surface area contributed by atoms with Crippen LogP contribution in [0.4, 0.5) is 5.69 Å². The molecule has 0 spiro atoms. The van der Waals surface area contributed by atoms with E-state index in [4.69, 9.17) is 15.2 Å². The minimum Gasteiger partial charge on any atom is -0.457 e. The number of methoxy groups -OCH3 is 1. The highest BCUT2D eigenvalue weighted by Gasteiger charge is 2.27. The van der Waals surface area contributed by atoms with Gasteiger partial charge in [-0.3, -0.25) is 4.79 Å². The van der Waals surface area contributed by atoms with Gasteiger partial charge in [-0.1, -0.05) is 12.1 Å². The van der Waals surface area contributed by atoms with Crippen molar-refractivity contribution in [1.82, 2.24) is 0 Å². The second-order valence-electron chi connectivity index (χ2n) is 6.77. The molecule has 0 radical (unpaired) electrons. The topological polar surface area (TPSA) is 73.6 Å². The van der Waals surface area contributed by atoms with E-state index in [0.29, 0.717) is 6.61 Å². The van der Waals surface area contributed by atoms with E-state index in [2.05, 4.69) is 5.32 Å². The van der Waals surface area contributed by atoms with Crippen molar-refractivity contribution < 1.29 is 14.3 Å². The molecule has 2 unspecified atom stereocenters. The van der Waals surface area contributed by atoms with Crippen molar-refractivity contribution in [3.8, 4) is 11.5 Å². The molecule has 6 heteroatoms. The zero-order valence-corrected chi connectivity index (χ0v) is 16.3. The van der Waals surface area contributed by atoms with Crippen molar-refractivity contribution in [1.29, 1.82) is 0 Å². The Morgan fingerprint density at radius 3 is 2.26 bits per heavy atom. The predicted molar refractivity (Wildman–Crippen MR) is 110 cm³/mol. The predicted octanol–water partition coefficient (Wildman–Crippen LogP) is 4.16. The van der Waals surface area contributed by atoms with Crippen LogP contribution in [0.15, 0.2) is 48.5 Å². The summed E-state index contributed by atoms with van der Waals surface area (Å²) in [5.41, 5.74) is 7.87. The zero-order chi connectivity index (χ0) is 18.4. The quantitative estimate of drug-likeness (QED) is 0.744. The standard InChI is InChI=1S/C21H26N2O3.ClH/c1-25-13-12-15-2-8-19(9-3-15)26-20-10-6-18(7-11-20)23-21(24)16-4-5-17(22)14-16;/h2-3,6-11,16-17H,4-5,12-14,22H2,1H3,(H,23,24);1H. The molecule has 0 aromatic heterocycles. The van der Waals surface area contributed by atoms with Crippen molar-refractivity contribution in [2.24, 2.45) is 11.7 Å². The van der Waals surface area contributed by atoms with Gasteiger partial charge in [-0.05, 0) is 67.6 Å². The van der Waals surface area contributed by atoms with Gasteiger partial charge in [0, 0.05) is 24.8 Å². The third-order valence-corrected chi connectivity index (χ3v) is 4.72. The fraction of sp³-hybridized carbons (Fsp3) is 0.381. The smallest absolute Gasteiger partial charge is 0.227 e. The van der Waals surface area contributed by atoms with Crippen LogP contribution in [0.5, 0.6) is 11.5 Å². The Morgan fingerprint density at radius 2 is 1.70 bits per heavy atom. The average Bonchev–Trinajstić information content (AvgIpc) is 3.09. The van der Waals surface area contributed by atoms with Crippen LogP contribution in [0.3, 0.4) is 0 Å². The number of rotatable bonds is 7. The molecule has 1 fully saturated rings. The first-order chi connectivity index (χ1) is 12.6. The van der Waals surface area contributed by atoms with Gasteiger partial charge in [-0.25, -0.2) is 0 Å². The molecular formula is C21H27ClN2O3. The molecule has 1 amide bonds. The van der Waals surface area contributed by atoms with Crippen LogP contribution in [0.2, 0.25) is 0 Å². The maximum Gasteiger partial charge on any atom is 0.227 e. The molecule has 2 atom stereocenters. The molecule has 1 aliphatic rings.